The molecule has 21 heavy (non-hydrogen) atoms. The molecule has 1 rings (SSSR count). The van der Waals surface area contributed by atoms with Crippen molar-refractivity contribution in [3.63, 3.8) is 0 Å². The van der Waals surface area contributed by atoms with E-state index in [1.165, 1.54) is 0 Å². The van der Waals surface area contributed by atoms with Crippen LogP contribution in [-0.4, -0.2) is 45.7 Å². The minimum atomic E-state index is -0.224. The molecule has 6 nitrogen and oxygen atoms in total. The lowest BCUT2D eigenvalue weighted by Crippen LogP contribution is -2.28. The molecule has 0 aliphatic rings. The Bertz CT molecular complexity index is 463. The van der Waals surface area contributed by atoms with Crippen LogP contribution in [0.2, 0.25) is 0 Å². The molecule has 0 aliphatic carbocycles. The number of hydrogen-bond acceptors (Lipinski definition) is 4. The van der Waals surface area contributed by atoms with E-state index < -0.39 is 0 Å². The fraction of sp³-hybridized carbons (Fsp3) is 0.467. The SMILES string of the molecule is CNCCCC(=O)Nc1ccccc1C(=O)NCCOC. The largest absolute Gasteiger partial charge is 0.383 e. The topological polar surface area (TPSA) is 79.5 Å². The van der Waals surface area contributed by atoms with Crippen molar-refractivity contribution in [2.45, 2.75) is 12.8 Å². The van der Waals surface area contributed by atoms with Gasteiger partial charge in [-0.3, -0.25) is 9.59 Å². The fourth-order valence-corrected chi connectivity index (χ4v) is 1.79. The molecule has 0 bridgehead atoms. The highest BCUT2D eigenvalue weighted by molar-refractivity contribution is 6.03. The molecule has 0 aromatic heterocycles. The molecule has 0 heterocycles. The van der Waals surface area contributed by atoms with E-state index in [-0.39, 0.29) is 11.8 Å². The second-order valence-corrected chi connectivity index (χ2v) is 4.55. The molecule has 2 amide bonds. The standard InChI is InChI=1S/C15H23N3O3/c1-16-9-5-8-14(19)18-13-7-4-3-6-12(13)15(20)17-10-11-21-2/h3-4,6-7,16H,5,8-11H2,1-2H3,(H,17,20)(H,18,19). The highest BCUT2D eigenvalue weighted by Crippen LogP contribution is 2.15. The van der Waals surface area contributed by atoms with Crippen molar-refractivity contribution in [1.29, 1.82) is 0 Å². The Morgan fingerprint density at radius 1 is 1.19 bits per heavy atom. The first-order chi connectivity index (χ1) is 10.2. The first kappa shape index (κ1) is 17.1. The van der Waals surface area contributed by atoms with Crippen molar-refractivity contribution in [1.82, 2.24) is 10.6 Å². The van der Waals surface area contributed by atoms with E-state index in [4.69, 9.17) is 4.74 Å². The average molecular weight is 293 g/mol. The molecule has 0 saturated carbocycles. The molecule has 0 fully saturated rings. The summed E-state index contributed by atoms with van der Waals surface area (Å²) in [6.45, 7) is 1.66. The number of carbonyl (C=O) groups excluding carboxylic acids is 2. The minimum Gasteiger partial charge on any atom is -0.383 e. The fourth-order valence-electron chi connectivity index (χ4n) is 1.79. The number of amides is 2. The van der Waals surface area contributed by atoms with Crippen LogP contribution in [0.3, 0.4) is 0 Å². The second-order valence-electron chi connectivity index (χ2n) is 4.55. The van der Waals surface area contributed by atoms with Gasteiger partial charge < -0.3 is 20.7 Å². The number of para-hydroxylation sites is 1. The number of anilines is 1. The molecule has 1 aromatic carbocycles. The van der Waals surface area contributed by atoms with Crippen molar-refractivity contribution in [2.24, 2.45) is 0 Å². The van der Waals surface area contributed by atoms with Gasteiger partial charge in [-0.1, -0.05) is 12.1 Å². The summed E-state index contributed by atoms with van der Waals surface area (Å²) in [7, 11) is 3.42. The zero-order valence-electron chi connectivity index (χ0n) is 12.6. The van der Waals surface area contributed by atoms with Crippen LogP contribution in [0.25, 0.3) is 0 Å². The van der Waals surface area contributed by atoms with E-state index in [0.717, 1.165) is 13.0 Å². The van der Waals surface area contributed by atoms with Crippen molar-refractivity contribution in [2.75, 3.05) is 39.2 Å². The smallest absolute Gasteiger partial charge is 0.253 e. The van der Waals surface area contributed by atoms with Gasteiger partial charge in [-0.25, -0.2) is 0 Å². The maximum absolute atomic E-state index is 12.1. The lowest BCUT2D eigenvalue weighted by Gasteiger charge is -2.11. The van der Waals surface area contributed by atoms with Crippen LogP contribution in [0.5, 0.6) is 0 Å². The van der Waals surface area contributed by atoms with Gasteiger partial charge in [0.2, 0.25) is 5.91 Å². The Kier molecular flexibility index (Phi) is 8.08. The third-order valence-electron chi connectivity index (χ3n) is 2.87. The van der Waals surface area contributed by atoms with Crippen molar-refractivity contribution in [3.05, 3.63) is 29.8 Å². The van der Waals surface area contributed by atoms with Gasteiger partial charge >= 0.3 is 0 Å². The highest BCUT2D eigenvalue weighted by Gasteiger charge is 2.12. The van der Waals surface area contributed by atoms with E-state index >= 15 is 0 Å². The van der Waals surface area contributed by atoms with E-state index in [1.54, 1.807) is 31.4 Å². The molecule has 0 unspecified atom stereocenters. The van der Waals surface area contributed by atoms with Gasteiger partial charge in [0, 0.05) is 20.1 Å². The van der Waals surface area contributed by atoms with Gasteiger partial charge in [0.05, 0.1) is 17.9 Å². The summed E-state index contributed by atoms with van der Waals surface area (Å²) in [5.41, 5.74) is 0.984. The summed E-state index contributed by atoms with van der Waals surface area (Å²) < 4.78 is 4.89. The Labute approximate surface area is 125 Å². The maximum Gasteiger partial charge on any atom is 0.253 e. The van der Waals surface area contributed by atoms with Crippen molar-refractivity contribution >= 4 is 17.5 Å². The summed E-state index contributed by atoms with van der Waals surface area (Å²) >= 11 is 0. The van der Waals surface area contributed by atoms with Gasteiger partial charge in [0.25, 0.3) is 5.91 Å². The van der Waals surface area contributed by atoms with Gasteiger partial charge in [0.15, 0.2) is 0 Å². The summed E-state index contributed by atoms with van der Waals surface area (Å²) in [6, 6.07) is 6.96. The Hall–Kier alpha value is -1.92. The van der Waals surface area contributed by atoms with Crippen LogP contribution in [0.1, 0.15) is 23.2 Å². The molecule has 0 saturated heterocycles. The Balaban J connectivity index is 2.61. The van der Waals surface area contributed by atoms with Crippen LogP contribution in [0, 0.1) is 0 Å². The van der Waals surface area contributed by atoms with Gasteiger partial charge in [-0.15, -0.1) is 0 Å². The first-order valence-corrected chi connectivity index (χ1v) is 6.99. The Morgan fingerprint density at radius 3 is 2.67 bits per heavy atom. The number of benzene rings is 1. The number of ether oxygens (including phenoxy) is 1. The van der Waals surface area contributed by atoms with Crippen LogP contribution in [-0.2, 0) is 9.53 Å². The monoisotopic (exact) mass is 293 g/mol. The number of hydrogen-bond donors (Lipinski definition) is 3. The Morgan fingerprint density at radius 2 is 1.95 bits per heavy atom. The summed E-state index contributed by atoms with van der Waals surface area (Å²) in [6.07, 6.45) is 1.17. The van der Waals surface area contributed by atoms with Crippen LogP contribution >= 0.6 is 0 Å². The molecule has 116 valence electrons. The number of methoxy groups -OCH3 is 1. The van der Waals surface area contributed by atoms with Gasteiger partial charge in [-0.2, -0.15) is 0 Å². The maximum atomic E-state index is 12.1. The van der Waals surface area contributed by atoms with Crippen molar-refractivity contribution in [3.8, 4) is 0 Å². The predicted octanol–water partition coefficient (Wildman–Crippen LogP) is 1.00. The quantitative estimate of drug-likeness (QED) is 0.594. The molecule has 0 atom stereocenters. The average Bonchev–Trinajstić information content (AvgIpc) is 2.48. The molecular formula is C15H23N3O3. The normalized spacial score (nSPS) is 10.2. The lowest BCUT2D eigenvalue weighted by molar-refractivity contribution is -0.116. The molecule has 0 aliphatic heterocycles. The zero-order valence-corrected chi connectivity index (χ0v) is 12.6. The zero-order chi connectivity index (χ0) is 15.5. The molecule has 0 radical (unpaired) electrons. The lowest BCUT2D eigenvalue weighted by atomic mass is 10.1. The van der Waals surface area contributed by atoms with E-state index in [0.29, 0.717) is 30.8 Å². The number of carbonyl (C=O) groups is 2. The molecule has 1 aromatic rings. The molecule has 6 heteroatoms. The summed E-state index contributed by atoms with van der Waals surface area (Å²) in [4.78, 5) is 23.9. The van der Waals surface area contributed by atoms with Crippen molar-refractivity contribution < 1.29 is 14.3 Å². The first-order valence-electron chi connectivity index (χ1n) is 6.99. The van der Waals surface area contributed by atoms with Crippen LogP contribution < -0.4 is 16.0 Å². The van der Waals surface area contributed by atoms with Gasteiger partial charge in [0.1, 0.15) is 0 Å². The van der Waals surface area contributed by atoms with Crippen LogP contribution in [0.4, 0.5) is 5.69 Å². The molecular weight excluding hydrogens is 270 g/mol. The van der Waals surface area contributed by atoms with E-state index in [2.05, 4.69) is 16.0 Å². The van der Waals surface area contributed by atoms with Crippen LogP contribution in [0.15, 0.2) is 24.3 Å². The highest BCUT2D eigenvalue weighted by atomic mass is 16.5. The molecule has 0 spiro atoms. The van der Waals surface area contributed by atoms with Gasteiger partial charge in [-0.05, 0) is 32.1 Å². The third kappa shape index (κ3) is 6.37. The second kappa shape index (κ2) is 9.90. The number of nitrogens with one attached hydrogen (secondary N) is 3. The minimum absolute atomic E-state index is 0.0950. The van der Waals surface area contributed by atoms with E-state index in [9.17, 15) is 9.59 Å². The summed E-state index contributed by atoms with van der Waals surface area (Å²) in [5.74, 6) is -0.319. The third-order valence-corrected chi connectivity index (χ3v) is 2.87. The molecule has 3 N–H and O–H groups in total. The van der Waals surface area contributed by atoms with E-state index in [1.807, 2.05) is 7.05 Å². The predicted molar refractivity (Wildman–Crippen MR) is 82.4 cm³/mol. The summed E-state index contributed by atoms with van der Waals surface area (Å²) in [5, 5.41) is 8.51. The number of rotatable bonds is 9.